The van der Waals surface area contributed by atoms with Gasteiger partial charge in [-0.2, -0.15) is 0 Å². The minimum absolute atomic E-state index is 0.868. The van der Waals surface area contributed by atoms with Crippen molar-refractivity contribution in [2.24, 2.45) is 0 Å². The highest BCUT2D eigenvalue weighted by atomic mass is 16.5. The molecule has 2 aromatic heterocycles. The van der Waals surface area contributed by atoms with Gasteiger partial charge in [0.15, 0.2) is 0 Å². The maximum absolute atomic E-state index is 5.28. The van der Waals surface area contributed by atoms with E-state index in [2.05, 4.69) is 51.6 Å². The van der Waals surface area contributed by atoms with Crippen LogP contribution in [0.1, 0.15) is 19.3 Å². The van der Waals surface area contributed by atoms with Gasteiger partial charge in [-0.1, -0.05) is 12.1 Å². The Balaban J connectivity index is 1.53. The predicted octanol–water partition coefficient (Wildman–Crippen LogP) is 3.03. The van der Waals surface area contributed by atoms with Crippen LogP contribution < -0.4 is 9.64 Å². The van der Waals surface area contributed by atoms with Crippen molar-refractivity contribution < 1.29 is 9.64 Å². The average Bonchev–Trinajstić information content (AvgIpc) is 3.31. The van der Waals surface area contributed by atoms with Gasteiger partial charge in [0, 0.05) is 11.8 Å². The number of para-hydroxylation sites is 2. The van der Waals surface area contributed by atoms with E-state index in [1.165, 1.54) is 49.9 Å². The van der Waals surface area contributed by atoms with Crippen LogP contribution in [0, 0.1) is 0 Å². The standard InChI is InChI=1S/C23H26N4O/c1-28-19-11-9-18(10-12-19)20-17-27-22-8-4-3-7-21(22)26(23(27)24-20)16-15-25-13-5-2-6-14-25/h3-4,7-12,17H,2,5-6,13-16H2,1H3/p+1. The van der Waals surface area contributed by atoms with Crippen molar-refractivity contribution in [3.63, 3.8) is 0 Å². The molecule has 3 heterocycles. The fraction of sp³-hybridized carbons (Fsp3) is 0.348. The zero-order valence-corrected chi connectivity index (χ0v) is 16.4. The van der Waals surface area contributed by atoms with E-state index in [-0.39, 0.29) is 0 Å². The largest absolute Gasteiger partial charge is 0.497 e. The van der Waals surface area contributed by atoms with Crippen LogP contribution in [0.5, 0.6) is 5.75 Å². The number of nitrogens with one attached hydrogen (secondary N) is 1. The first-order valence-electron chi connectivity index (χ1n) is 10.3. The molecular weight excluding hydrogens is 348 g/mol. The maximum atomic E-state index is 5.28. The Labute approximate surface area is 165 Å². The molecule has 4 aromatic rings. The summed E-state index contributed by atoms with van der Waals surface area (Å²) in [7, 11) is 1.69. The second-order valence-electron chi connectivity index (χ2n) is 7.73. The van der Waals surface area contributed by atoms with Crippen LogP contribution in [0.25, 0.3) is 28.1 Å². The third-order valence-corrected chi connectivity index (χ3v) is 6.00. The lowest BCUT2D eigenvalue weighted by Gasteiger charge is -2.23. The van der Waals surface area contributed by atoms with E-state index in [1.54, 1.807) is 12.0 Å². The monoisotopic (exact) mass is 375 g/mol. The van der Waals surface area contributed by atoms with Gasteiger partial charge in [0.05, 0.1) is 50.0 Å². The summed E-state index contributed by atoms with van der Waals surface area (Å²) in [6.45, 7) is 4.78. The van der Waals surface area contributed by atoms with Crippen LogP contribution in [0.3, 0.4) is 0 Å². The Morgan fingerprint density at radius 3 is 2.46 bits per heavy atom. The first kappa shape index (κ1) is 17.3. The minimum atomic E-state index is 0.868. The molecule has 0 atom stereocenters. The van der Waals surface area contributed by atoms with Crippen LogP contribution in [0.4, 0.5) is 0 Å². The third-order valence-electron chi connectivity index (χ3n) is 6.00. The number of methoxy groups -OCH3 is 1. The number of piperidine rings is 1. The number of ether oxygens (including phenoxy) is 1. The molecule has 1 aliphatic rings. The average molecular weight is 375 g/mol. The van der Waals surface area contributed by atoms with Crippen LogP contribution in [-0.2, 0) is 6.54 Å². The lowest BCUT2D eigenvalue weighted by atomic mass is 10.1. The summed E-state index contributed by atoms with van der Waals surface area (Å²) in [5, 5.41) is 0. The van der Waals surface area contributed by atoms with Gasteiger partial charge in [0.1, 0.15) is 5.75 Å². The van der Waals surface area contributed by atoms with E-state index in [9.17, 15) is 0 Å². The van der Waals surface area contributed by atoms with Gasteiger partial charge >= 0.3 is 0 Å². The highest BCUT2D eigenvalue weighted by Gasteiger charge is 2.18. The molecular formula is C23H27N4O+. The Morgan fingerprint density at radius 1 is 0.964 bits per heavy atom. The first-order chi connectivity index (χ1) is 13.8. The Hall–Kier alpha value is -2.79. The molecule has 144 valence electrons. The normalized spacial score (nSPS) is 15.5. The summed E-state index contributed by atoms with van der Waals surface area (Å²) in [4.78, 5) is 6.74. The molecule has 1 fully saturated rings. The van der Waals surface area contributed by atoms with E-state index in [0.29, 0.717) is 0 Å². The lowest BCUT2D eigenvalue weighted by Crippen LogP contribution is -3.13. The van der Waals surface area contributed by atoms with Crippen molar-refractivity contribution in [1.29, 1.82) is 0 Å². The Kier molecular flexibility index (Phi) is 4.53. The number of quaternary nitrogens is 1. The number of hydrogen-bond donors (Lipinski definition) is 1. The molecule has 1 aliphatic heterocycles. The van der Waals surface area contributed by atoms with Gasteiger partial charge in [-0.3, -0.25) is 4.40 Å². The molecule has 0 saturated carbocycles. The third kappa shape index (κ3) is 3.06. The zero-order valence-electron chi connectivity index (χ0n) is 16.4. The van der Waals surface area contributed by atoms with E-state index in [0.717, 1.165) is 29.3 Å². The summed E-state index contributed by atoms with van der Waals surface area (Å²) in [5.74, 6) is 1.90. The maximum Gasteiger partial charge on any atom is 0.215 e. The van der Waals surface area contributed by atoms with Crippen molar-refractivity contribution in [3.05, 3.63) is 54.7 Å². The van der Waals surface area contributed by atoms with Crippen LogP contribution in [0.15, 0.2) is 54.7 Å². The molecule has 0 aliphatic carbocycles. The van der Waals surface area contributed by atoms with E-state index in [1.807, 2.05) is 12.1 Å². The molecule has 0 radical (unpaired) electrons. The number of imidazole rings is 2. The SMILES string of the molecule is COc1ccc(-c2cn3c4ccccc4n(CC[NH+]4CCCCC4)c3n2)cc1. The number of hydrogen-bond acceptors (Lipinski definition) is 2. The smallest absolute Gasteiger partial charge is 0.215 e. The molecule has 5 heteroatoms. The second kappa shape index (κ2) is 7.32. The molecule has 0 spiro atoms. The van der Waals surface area contributed by atoms with Gasteiger partial charge in [-0.15, -0.1) is 0 Å². The number of likely N-dealkylation sites (tertiary alicyclic amines) is 1. The lowest BCUT2D eigenvalue weighted by molar-refractivity contribution is -0.905. The van der Waals surface area contributed by atoms with Crippen molar-refractivity contribution in [2.75, 3.05) is 26.7 Å². The highest BCUT2D eigenvalue weighted by molar-refractivity contribution is 5.82. The van der Waals surface area contributed by atoms with Crippen molar-refractivity contribution in [3.8, 4) is 17.0 Å². The molecule has 28 heavy (non-hydrogen) atoms. The predicted molar refractivity (Wildman–Crippen MR) is 112 cm³/mol. The Morgan fingerprint density at radius 2 is 1.71 bits per heavy atom. The molecule has 0 amide bonds. The first-order valence-corrected chi connectivity index (χ1v) is 10.3. The van der Waals surface area contributed by atoms with E-state index < -0.39 is 0 Å². The summed E-state index contributed by atoms with van der Waals surface area (Å²) in [6.07, 6.45) is 6.28. The van der Waals surface area contributed by atoms with Gasteiger partial charge in [0.25, 0.3) is 0 Å². The molecule has 5 rings (SSSR count). The van der Waals surface area contributed by atoms with Gasteiger partial charge in [-0.25, -0.2) is 4.98 Å². The minimum Gasteiger partial charge on any atom is -0.497 e. The molecule has 1 N–H and O–H groups in total. The quantitative estimate of drug-likeness (QED) is 0.582. The van der Waals surface area contributed by atoms with Gasteiger partial charge in [-0.05, 0) is 55.7 Å². The number of fused-ring (bicyclic) bond motifs is 3. The fourth-order valence-corrected chi connectivity index (χ4v) is 4.44. The number of aromatic nitrogens is 3. The van der Waals surface area contributed by atoms with Gasteiger partial charge in [0.2, 0.25) is 5.78 Å². The molecule has 0 unspecified atom stereocenters. The topological polar surface area (TPSA) is 35.9 Å². The Bertz CT molecular complexity index is 1090. The number of rotatable bonds is 5. The highest BCUT2D eigenvalue weighted by Crippen LogP contribution is 2.26. The molecule has 5 nitrogen and oxygen atoms in total. The number of nitrogens with zero attached hydrogens (tertiary/aromatic N) is 3. The molecule has 2 aromatic carbocycles. The van der Waals surface area contributed by atoms with Crippen molar-refractivity contribution in [1.82, 2.24) is 14.0 Å². The van der Waals surface area contributed by atoms with Crippen molar-refractivity contribution >= 4 is 16.8 Å². The van der Waals surface area contributed by atoms with Crippen molar-refractivity contribution in [2.45, 2.75) is 25.8 Å². The van der Waals surface area contributed by atoms with Crippen LogP contribution in [0.2, 0.25) is 0 Å². The summed E-state index contributed by atoms with van der Waals surface area (Å²) >= 11 is 0. The van der Waals surface area contributed by atoms with Crippen LogP contribution in [-0.4, -0.2) is 40.7 Å². The fourth-order valence-electron chi connectivity index (χ4n) is 4.44. The summed E-state index contributed by atoms with van der Waals surface area (Å²) in [5.41, 5.74) is 4.60. The molecule has 1 saturated heterocycles. The van der Waals surface area contributed by atoms with E-state index >= 15 is 0 Å². The molecule has 0 bridgehead atoms. The second-order valence-corrected chi connectivity index (χ2v) is 7.73. The van der Waals surface area contributed by atoms with E-state index in [4.69, 9.17) is 9.72 Å². The van der Waals surface area contributed by atoms with Gasteiger partial charge < -0.3 is 14.2 Å². The summed E-state index contributed by atoms with van der Waals surface area (Å²) < 4.78 is 9.91. The van der Waals surface area contributed by atoms with Crippen LogP contribution >= 0.6 is 0 Å². The summed E-state index contributed by atoms with van der Waals surface area (Å²) in [6, 6.07) is 16.8. The number of benzene rings is 2. The zero-order chi connectivity index (χ0) is 18.9.